The van der Waals surface area contributed by atoms with Crippen molar-refractivity contribution in [3.8, 4) is 11.8 Å². The smallest absolute Gasteiger partial charge is 0.299 e. The van der Waals surface area contributed by atoms with Crippen LogP contribution in [0.3, 0.4) is 0 Å². The molecule has 0 amide bonds. The Labute approximate surface area is 123 Å². The van der Waals surface area contributed by atoms with E-state index in [1.165, 1.54) is 19.2 Å². The lowest BCUT2D eigenvalue weighted by atomic mass is 10.2. The van der Waals surface area contributed by atoms with Crippen LogP contribution in [-0.4, -0.2) is 40.4 Å². The fourth-order valence-electron chi connectivity index (χ4n) is 1.37. The Morgan fingerprint density at radius 3 is 2.86 bits per heavy atom. The van der Waals surface area contributed by atoms with E-state index in [4.69, 9.17) is 9.84 Å². The van der Waals surface area contributed by atoms with Crippen LogP contribution in [0.4, 0.5) is 10.1 Å². The predicted molar refractivity (Wildman–Crippen MR) is 77.4 cm³/mol. The molecule has 0 unspecified atom stereocenters. The summed E-state index contributed by atoms with van der Waals surface area (Å²) in [6.07, 6.45) is 0.216. The highest BCUT2D eigenvalue weighted by molar-refractivity contribution is 7.90. The van der Waals surface area contributed by atoms with Crippen molar-refractivity contribution < 1.29 is 22.7 Å². The van der Waals surface area contributed by atoms with E-state index in [1.54, 1.807) is 0 Å². The summed E-state index contributed by atoms with van der Waals surface area (Å²) in [5, 5.41) is 8.62. The van der Waals surface area contributed by atoms with Gasteiger partial charge in [0.25, 0.3) is 10.2 Å². The molecule has 0 saturated heterocycles. The minimum absolute atomic E-state index is 0.0561. The lowest BCUT2D eigenvalue weighted by Gasteiger charge is -2.09. The lowest BCUT2D eigenvalue weighted by Crippen LogP contribution is -2.32. The van der Waals surface area contributed by atoms with Crippen LogP contribution in [0.2, 0.25) is 0 Å². The summed E-state index contributed by atoms with van der Waals surface area (Å²) < 4.78 is 46.1. The Hall–Kier alpha value is -1.66. The van der Waals surface area contributed by atoms with E-state index in [2.05, 4.69) is 21.3 Å². The van der Waals surface area contributed by atoms with Crippen LogP contribution in [0, 0.1) is 17.7 Å². The van der Waals surface area contributed by atoms with Crippen LogP contribution < -0.4 is 9.44 Å². The Bertz CT molecular complexity index is 623. The van der Waals surface area contributed by atoms with Gasteiger partial charge in [0.1, 0.15) is 5.82 Å². The number of halogens is 1. The van der Waals surface area contributed by atoms with Gasteiger partial charge in [0.2, 0.25) is 0 Å². The first-order valence-corrected chi connectivity index (χ1v) is 7.62. The highest BCUT2D eigenvalue weighted by atomic mass is 32.2. The maximum absolute atomic E-state index is 13.5. The standard InChI is InChI=1S/C13H17FN2O4S/c1-20-9-7-15-21(18,19)16-12-5-6-13(14)11(10-12)4-2-3-8-17/h5-6,10,15-17H,3,7-9H2,1H3. The van der Waals surface area contributed by atoms with E-state index >= 15 is 0 Å². The molecule has 116 valence electrons. The highest BCUT2D eigenvalue weighted by Crippen LogP contribution is 2.14. The van der Waals surface area contributed by atoms with Crippen molar-refractivity contribution in [3.05, 3.63) is 29.6 Å². The number of rotatable bonds is 7. The van der Waals surface area contributed by atoms with Crippen molar-refractivity contribution in [3.63, 3.8) is 0 Å². The normalized spacial score (nSPS) is 10.8. The average molecular weight is 316 g/mol. The van der Waals surface area contributed by atoms with Crippen LogP contribution >= 0.6 is 0 Å². The van der Waals surface area contributed by atoms with Gasteiger partial charge in [-0.2, -0.15) is 13.1 Å². The molecule has 1 rings (SSSR count). The van der Waals surface area contributed by atoms with Crippen LogP contribution in [0.1, 0.15) is 12.0 Å². The van der Waals surface area contributed by atoms with Gasteiger partial charge in [0.05, 0.1) is 24.5 Å². The molecule has 3 N–H and O–H groups in total. The molecule has 0 heterocycles. The summed E-state index contributed by atoms with van der Waals surface area (Å²) in [5.74, 6) is 4.55. The molecule has 0 aromatic heterocycles. The first-order valence-electron chi connectivity index (χ1n) is 6.14. The number of aliphatic hydroxyl groups is 1. The molecule has 1 aromatic rings. The van der Waals surface area contributed by atoms with Gasteiger partial charge in [0, 0.05) is 20.1 Å². The third-order valence-corrected chi connectivity index (χ3v) is 3.37. The molecule has 0 spiro atoms. The van der Waals surface area contributed by atoms with Crippen LogP contribution in [0.15, 0.2) is 18.2 Å². The number of hydrogen-bond acceptors (Lipinski definition) is 4. The van der Waals surface area contributed by atoms with E-state index < -0.39 is 16.0 Å². The molecule has 0 bridgehead atoms. The van der Waals surface area contributed by atoms with Gasteiger partial charge in [-0.3, -0.25) is 4.72 Å². The molecule has 0 aliphatic rings. The second-order valence-corrected chi connectivity index (χ2v) is 5.46. The molecule has 0 atom stereocenters. The quantitative estimate of drug-likeness (QED) is 0.503. The summed E-state index contributed by atoms with van der Waals surface area (Å²) in [6.45, 7) is 0.239. The number of aliphatic hydroxyl groups excluding tert-OH is 1. The molecular formula is C13H17FN2O4S. The summed E-state index contributed by atoms with van der Waals surface area (Å²) >= 11 is 0. The van der Waals surface area contributed by atoms with Gasteiger partial charge in [-0.15, -0.1) is 0 Å². The zero-order chi connectivity index (χ0) is 15.7. The van der Waals surface area contributed by atoms with Crippen LogP contribution in [-0.2, 0) is 14.9 Å². The molecule has 0 radical (unpaired) electrons. The van der Waals surface area contributed by atoms with E-state index in [0.29, 0.717) is 0 Å². The van der Waals surface area contributed by atoms with Crippen molar-refractivity contribution in [2.75, 3.05) is 31.6 Å². The summed E-state index contributed by atoms with van der Waals surface area (Å²) in [4.78, 5) is 0. The maximum atomic E-state index is 13.5. The molecule has 0 saturated carbocycles. The average Bonchev–Trinajstić information content (AvgIpc) is 2.42. The molecule has 21 heavy (non-hydrogen) atoms. The lowest BCUT2D eigenvalue weighted by molar-refractivity contribution is 0.204. The van der Waals surface area contributed by atoms with E-state index in [-0.39, 0.29) is 37.4 Å². The first-order chi connectivity index (χ1) is 9.98. The second-order valence-electron chi connectivity index (χ2n) is 3.96. The largest absolute Gasteiger partial charge is 0.395 e. The number of anilines is 1. The first kappa shape index (κ1) is 17.4. The molecule has 0 aliphatic heterocycles. The number of hydrogen-bond donors (Lipinski definition) is 3. The molecule has 8 heteroatoms. The Balaban J connectivity index is 2.81. The fourth-order valence-corrected chi connectivity index (χ4v) is 2.23. The van der Waals surface area contributed by atoms with Crippen molar-refractivity contribution in [1.82, 2.24) is 4.72 Å². The molecular weight excluding hydrogens is 299 g/mol. The third-order valence-electron chi connectivity index (χ3n) is 2.28. The Kier molecular flexibility index (Phi) is 7.11. The SMILES string of the molecule is COCCNS(=O)(=O)Nc1ccc(F)c(C#CCCO)c1. The number of ether oxygens (including phenoxy) is 1. The molecule has 1 aromatic carbocycles. The van der Waals surface area contributed by atoms with Gasteiger partial charge in [-0.25, -0.2) is 4.39 Å². The number of nitrogens with one attached hydrogen (secondary N) is 2. The molecule has 0 fully saturated rings. The number of methoxy groups -OCH3 is 1. The monoisotopic (exact) mass is 316 g/mol. The van der Waals surface area contributed by atoms with Crippen molar-refractivity contribution in [2.45, 2.75) is 6.42 Å². The van der Waals surface area contributed by atoms with Gasteiger partial charge in [0.15, 0.2) is 0 Å². The number of benzene rings is 1. The summed E-state index contributed by atoms with van der Waals surface area (Å²) in [5.41, 5.74) is 0.246. The van der Waals surface area contributed by atoms with Gasteiger partial charge >= 0.3 is 0 Å². The van der Waals surface area contributed by atoms with Gasteiger partial charge < -0.3 is 9.84 Å². The summed E-state index contributed by atoms with van der Waals surface area (Å²) in [6, 6.07) is 3.70. The molecule has 0 aliphatic carbocycles. The topological polar surface area (TPSA) is 87.7 Å². The third kappa shape index (κ3) is 6.55. The van der Waals surface area contributed by atoms with Crippen LogP contribution in [0.25, 0.3) is 0 Å². The highest BCUT2D eigenvalue weighted by Gasteiger charge is 2.10. The second kappa shape index (κ2) is 8.59. The minimum atomic E-state index is -3.75. The maximum Gasteiger partial charge on any atom is 0.299 e. The van der Waals surface area contributed by atoms with E-state index in [1.807, 2.05) is 0 Å². The Morgan fingerprint density at radius 1 is 1.43 bits per heavy atom. The predicted octanol–water partition coefficient (Wildman–Crippen LogP) is 0.452. The zero-order valence-electron chi connectivity index (χ0n) is 11.5. The van der Waals surface area contributed by atoms with Crippen molar-refractivity contribution in [1.29, 1.82) is 0 Å². The zero-order valence-corrected chi connectivity index (χ0v) is 12.3. The minimum Gasteiger partial charge on any atom is -0.395 e. The molecule has 6 nitrogen and oxygen atoms in total. The van der Waals surface area contributed by atoms with E-state index in [0.717, 1.165) is 6.07 Å². The summed E-state index contributed by atoms with van der Waals surface area (Å²) in [7, 11) is -2.29. The van der Waals surface area contributed by atoms with Gasteiger partial charge in [-0.05, 0) is 18.2 Å². The van der Waals surface area contributed by atoms with E-state index in [9.17, 15) is 12.8 Å². The Morgan fingerprint density at radius 2 is 2.19 bits per heavy atom. The fraction of sp³-hybridized carbons (Fsp3) is 0.385. The van der Waals surface area contributed by atoms with Crippen molar-refractivity contribution >= 4 is 15.9 Å². The van der Waals surface area contributed by atoms with Crippen LogP contribution in [0.5, 0.6) is 0 Å². The van der Waals surface area contributed by atoms with Crippen molar-refractivity contribution in [2.24, 2.45) is 0 Å². The van der Waals surface area contributed by atoms with Gasteiger partial charge in [-0.1, -0.05) is 11.8 Å².